The zero-order valence-corrected chi connectivity index (χ0v) is 7.37. The van der Waals surface area contributed by atoms with Gasteiger partial charge in [-0.3, -0.25) is 0 Å². The van der Waals surface area contributed by atoms with Crippen LogP contribution < -0.4 is 0 Å². The molecule has 0 N–H and O–H groups in total. The molecule has 0 saturated carbocycles. The summed E-state index contributed by atoms with van der Waals surface area (Å²) in [5.41, 5.74) is 1.41. The summed E-state index contributed by atoms with van der Waals surface area (Å²) in [6.07, 6.45) is 11.2. The standard InChI is InChI=1S/C11H15N/c1-3-6-11-7-5-9-12(10-11)8-4-2/h3-5,7,9H,1-2,6,8,10H2. The Hall–Kier alpha value is -1.24. The van der Waals surface area contributed by atoms with Gasteiger partial charge in [-0.2, -0.15) is 0 Å². The molecular weight excluding hydrogens is 146 g/mol. The first-order chi connectivity index (χ1) is 5.86. The Morgan fingerprint density at radius 1 is 1.42 bits per heavy atom. The van der Waals surface area contributed by atoms with Gasteiger partial charge in [-0.1, -0.05) is 18.2 Å². The van der Waals surface area contributed by atoms with Gasteiger partial charge >= 0.3 is 0 Å². The first-order valence-corrected chi connectivity index (χ1v) is 4.19. The van der Waals surface area contributed by atoms with E-state index in [0.717, 1.165) is 19.5 Å². The van der Waals surface area contributed by atoms with Crippen LogP contribution >= 0.6 is 0 Å². The second-order valence-corrected chi connectivity index (χ2v) is 2.88. The number of nitrogens with zero attached hydrogens (tertiary/aromatic N) is 1. The quantitative estimate of drug-likeness (QED) is 0.573. The van der Waals surface area contributed by atoms with Gasteiger partial charge in [-0.25, -0.2) is 0 Å². The highest BCUT2D eigenvalue weighted by Crippen LogP contribution is 2.10. The third kappa shape index (κ3) is 2.42. The second kappa shape index (κ2) is 4.60. The molecule has 1 heteroatoms. The summed E-state index contributed by atoms with van der Waals surface area (Å²) in [4.78, 5) is 2.23. The molecule has 0 atom stereocenters. The fourth-order valence-corrected chi connectivity index (χ4v) is 1.28. The number of rotatable bonds is 4. The molecule has 1 aliphatic heterocycles. The van der Waals surface area contributed by atoms with Crippen molar-refractivity contribution < 1.29 is 0 Å². The zero-order valence-electron chi connectivity index (χ0n) is 7.37. The summed E-state index contributed by atoms with van der Waals surface area (Å²) in [5.74, 6) is 0. The molecule has 0 amide bonds. The first kappa shape index (κ1) is 8.85. The normalized spacial score (nSPS) is 15.7. The summed E-state index contributed by atoms with van der Waals surface area (Å²) < 4.78 is 0. The minimum Gasteiger partial charge on any atom is -0.370 e. The van der Waals surface area contributed by atoms with E-state index in [-0.39, 0.29) is 0 Å². The lowest BCUT2D eigenvalue weighted by Gasteiger charge is -2.22. The highest BCUT2D eigenvalue weighted by atomic mass is 15.1. The molecule has 1 nitrogen and oxygen atoms in total. The maximum absolute atomic E-state index is 3.72. The number of hydrogen-bond acceptors (Lipinski definition) is 1. The van der Waals surface area contributed by atoms with E-state index in [9.17, 15) is 0 Å². The Morgan fingerprint density at radius 2 is 2.25 bits per heavy atom. The molecule has 0 fully saturated rings. The van der Waals surface area contributed by atoms with Gasteiger partial charge in [0.25, 0.3) is 0 Å². The van der Waals surface area contributed by atoms with Crippen LogP contribution in [0.25, 0.3) is 0 Å². The summed E-state index contributed by atoms with van der Waals surface area (Å²) in [7, 11) is 0. The molecule has 1 heterocycles. The average molecular weight is 161 g/mol. The third-order valence-corrected chi connectivity index (χ3v) is 1.81. The van der Waals surface area contributed by atoms with E-state index in [4.69, 9.17) is 0 Å². The molecule has 0 saturated heterocycles. The summed E-state index contributed by atoms with van der Waals surface area (Å²) in [5, 5.41) is 0. The smallest absolute Gasteiger partial charge is 0.0393 e. The van der Waals surface area contributed by atoms with Crippen LogP contribution in [0.15, 0.2) is 49.2 Å². The first-order valence-electron chi connectivity index (χ1n) is 4.19. The van der Waals surface area contributed by atoms with E-state index in [1.54, 1.807) is 0 Å². The Balaban J connectivity index is 2.48. The molecule has 0 bridgehead atoms. The van der Waals surface area contributed by atoms with Crippen molar-refractivity contribution in [2.45, 2.75) is 6.42 Å². The molecule has 12 heavy (non-hydrogen) atoms. The van der Waals surface area contributed by atoms with Crippen LogP contribution in [-0.4, -0.2) is 18.0 Å². The van der Waals surface area contributed by atoms with E-state index in [1.807, 2.05) is 12.2 Å². The molecule has 1 aliphatic rings. The SMILES string of the molecule is C=CCC1=CC=CN(CC=C)C1. The summed E-state index contributed by atoms with van der Waals surface area (Å²) in [6, 6.07) is 0. The minimum atomic E-state index is 0.922. The Labute approximate surface area is 74.4 Å². The largest absolute Gasteiger partial charge is 0.370 e. The highest BCUT2D eigenvalue weighted by molar-refractivity contribution is 5.20. The fourth-order valence-electron chi connectivity index (χ4n) is 1.28. The Kier molecular flexibility index (Phi) is 3.39. The lowest BCUT2D eigenvalue weighted by atomic mass is 10.1. The fraction of sp³-hybridized carbons (Fsp3) is 0.273. The zero-order chi connectivity index (χ0) is 8.81. The van der Waals surface area contributed by atoms with Crippen molar-refractivity contribution in [3.8, 4) is 0 Å². The summed E-state index contributed by atoms with van der Waals surface area (Å²) >= 11 is 0. The van der Waals surface area contributed by atoms with Gasteiger partial charge in [0, 0.05) is 13.1 Å². The van der Waals surface area contributed by atoms with Gasteiger partial charge in [-0.15, -0.1) is 13.2 Å². The van der Waals surface area contributed by atoms with Crippen LogP contribution in [0.4, 0.5) is 0 Å². The predicted molar refractivity (Wildman–Crippen MR) is 53.8 cm³/mol. The number of allylic oxidation sites excluding steroid dienone is 3. The minimum absolute atomic E-state index is 0.922. The van der Waals surface area contributed by atoms with Crippen molar-refractivity contribution in [3.05, 3.63) is 49.2 Å². The molecule has 0 aromatic carbocycles. The van der Waals surface area contributed by atoms with Crippen LogP contribution in [0.3, 0.4) is 0 Å². The van der Waals surface area contributed by atoms with E-state index >= 15 is 0 Å². The maximum Gasteiger partial charge on any atom is 0.0393 e. The molecular formula is C11H15N. The molecule has 1 rings (SSSR count). The maximum atomic E-state index is 3.72. The molecule has 0 aliphatic carbocycles. The third-order valence-electron chi connectivity index (χ3n) is 1.81. The average Bonchev–Trinajstić information content (AvgIpc) is 2.06. The molecule has 64 valence electrons. The lowest BCUT2D eigenvalue weighted by molar-refractivity contribution is 0.443. The van der Waals surface area contributed by atoms with E-state index < -0.39 is 0 Å². The van der Waals surface area contributed by atoms with E-state index in [0.29, 0.717) is 0 Å². The van der Waals surface area contributed by atoms with Gasteiger partial charge in [0.1, 0.15) is 0 Å². The molecule has 0 radical (unpaired) electrons. The van der Waals surface area contributed by atoms with Crippen molar-refractivity contribution in [1.29, 1.82) is 0 Å². The summed E-state index contributed by atoms with van der Waals surface area (Å²) in [6.45, 7) is 9.36. The van der Waals surface area contributed by atoms with Crippen LogP contribution in [0.1, 0.15) is 6.42 Å². The molecule has 0 aromatic heterocycles. The number of hydrogen-bond donors (Lipinski definition) is 0. The monoisotopic (exact) mass is 161 g/mol. The van der Waals surface area contributed by atoms with Crippen molar-refractivity contribution in [1.82, 2.24) is 4.90 Å². The topological polar surface area (TPSA) is 3.24 Å². The van der Waals surface area contributed by atoms with Gasteiger partial charge < -0.3 is 4.90 Å². The van der Waals surface area contributed by atoms with Crippen LogP contribution in [0, 0.1) is 0 Å². The molecule has 0 aromatic rings. The van der Waals surface area contributed by atoms with E-state index in [2.05, 4.69) is 36.4 Å². The van der Waals surface area contributed by atoms with Gasteiger partial charge in [0.15, 0.2) is 0 Å². The second-order valence-electron chi connectivity index (χ2n) is 2.88. The van der Waals surface area contributed by atoms with Gasteiger partial charge in [0.2, 0.25) is 0 Å². The predicted octanol–water partition coefficient (Wildman–Crippen LogP) is 2.50. The van der Waals surface area contributed by atoms with Crippen LogP contribution in [0.2, 0.25) is 0 Å². The van der Waals surface area contributed by atoms with Crippen molar-refractivity contribution in [3.63, 3.8) is 0 Å². The van der Waals surface area contributed by atoms with Crippen molar-refractivity contribution in [2.24, 2.45) is 0 Å². The van der Waals surface area contributed by atoms with Crippen LogP contribution in [-0.2, 0) is 0 Å². The van der Waals surface area contributed by atoms with Crippen molar-refractivity contribution in [2.75, 3.05) is 13.1 Å². The Bertz CT molecular complexity index is 223. The van der Waals surface area contributed by atoms with E-state index in [1.165, 1.54) is 5.57 Å². The molecule has 0 spiro atoms. The molecule has 0 unspecified atom stereocenters. The van der Waals surface area contributed by atoms with Gasteiger partial charge in [0.05, 0.1) is 0 Å². The van der Waals surface area contributed by atoms with Crippen molar-refractivity contribution >= 4 is 0 Å². The highest BCUT2D eigenvalue weighted by Gasteiger charge is 2.03. The lowest BCUT2D eigenvalue weighted by Crippen LogP contribution is -2.21. The Morgan fingerprint density at radius 3 is 2.92 bits per heavy atom. The van der Waals surface area contributed by atoms with Gasteiger partial charge in [-0.05, 0) is 24.3 Å². The van der Waals surface area contributed by atoms with Crippen LogP contribution in [0.5, 0.6) is 0 Å².